The highest BCUT2D eigenvalue weighted by molar-refractivity contribution is 5.99. The Balaban J connectivity index is 2.90. The summed E-state index contributed by atoms with van der Waals surface area (Å²) in [6.45, 7) is 5.70. The van der Waals surface area contributed by atoms with Crippen molar-refractivity contribution in [2.24, 2.45) is 5.73 Å². The lowest BCUT2D eigenvalue weighted by Crippen LogP contribution is -2.51. The number of likely N-dealkylation sites (N-methyl/N-ethyl adjacent to an activating group) is 1. The zero-order valence-electron chi connectivity index (χ0n) is 10.4. The zero-order valence-corrected chi connectivity index (χ0v) is 10.4. The molecule has 1 aromatic rings. The van der Waals surface area contributed by atoms with E-state index in [4.69, 9.17) is 5.73 Å². The Labute approximate surface area is 97.2 Å². The molecule has 0 aromatic heterocycles. The largest absolute Gasteiger partial charge is 0.318 e. The third kappa shape index (κ3) is 2.61. The Kier molecular flexibility index (Phi) is 3.70. The summed E-state index contributed by atoms with van der Waals surface area (Å²) in [5.41, 5.74) is 7.20. The fourth-order valence-electron chi connectivity index (χ4n) is 1.42. The molecule has 16 heavy (non-hydrogen) atoms. The standard InChI is InChI=1S/C13H20N2O/c1-5-13(3,14)12(16)15(4)11-8-6-10(2)7-9-11/h6-9H,5,14H2,1-4H3. The topological polar surface area (TPSA) is 46.3 Å². The monoisotopic (exact) mass is 220 g/mol. The minimum absolute atomic E-state index is 0.0566. The van der Waals surface area contributed by atoms with Crippen molar-refractivity contribution in [3.63, 3.8) is 0 Å². The maximum absolute atomic E-state index is 12.1. The van der Waals surface area contributed by atoms with E-state index < -0.39 is 5.54 Å². The van der Waals surface area contributed by atoms with Crippen LogP contribution >= 0.6 is 0 Å². The van der Waals surface area contributed by atoms with E-state index in [1.807, 2.05) is 38.1 Å². The summed E-state index contributed by atoms with van der Waals surface area (Å²) in [5, 5.41) is 0. The first-order valence-electron chi connectivity index (χ1n) is 5.52. The zero-order chi connectivity index (χ0) is 12.3. The lowest BCUT2D eigenvalue weighted by molar-refractivity contribution is -0.122. The number of rotatable bonds is 3. The Morgan fingerprint density at radius 3 is 2.31 bits per heavy atom. The molecule has 0 aliphatic rings. The molecule has 3 nitrogen and oxygen atoms in total. The molecule has 0 aliphatic carbocycles. The molecular weight excluding hydrogens is 200 g/mol. The van der Waals surface area contributed by atoms with Crippen LogP contribution in [0.25, 0.3) is 0 Å². The van der Waals surface area contributed by atoms with Gasteiger partial charge in [-0.2, -0.15) is 0 Å². The van der Waals surface area contributed by atoms with Crippen LogP contribution in [-0.4, -0.2) is 18.5 Å². The first kappa shape index (κ1) is 12.7. The summed E-state index contributed by atoms with van der Waals surface area (Å²) < 4.78 is 0. The van der Waals surface area contributed by atoms with Crippen LogP contribution in [0.2, 0.25) is 0 Å². The van der Waals surface area contributed by atoms with Crippen molar-refractivity contribution in [3.8, 4) is 0 Å². The molecule has 2 N–H and O–H groups in total. The molecule has 0 aliphatic heterocycles. The molecule has 3 heteroatoms. The maximum atomic E-state index is 12.1. The summed E-state index contributed by atoms with van der Waals surface area (Å²) in [5.74, 6) is -0.0566. The maximum Gasteiger partial charge on any atom is 0.246 e. The van der Waals surface area contributed by atoms with Crippen LogP contribution in [0.15, 0.2) is 24.3 Å². The smallest absolute Gasteiger partial charge is 0.246 e. The predicted octanol–water partition coefficient (Wildman–Crippen LogP) is 2.09. The molecule has 1 aromatic carbocycles. The number of amides is 1. The fourth-order valence-corrected chi connectivity index (χ4v) is 1.42. The van der Waals surface area contributed by atoms with Crippen molar-refractivity contribution in [3.05, 3.63) is 29.8 Å². The molecule has 1 unspecified atom stereocenters. The van der Waals surface area contributed by atoms with E-state index in [-0.39, 0.29) is 5.91 Å². The van der Waals surface area contributed by atoms with Crippen molar-refractivity contribution in [1.29, 1.82) is 0 Å². The number of hydrogen-bond acceptors (Lipinski definition) is 2. The second kappa shape index (κ2) is 4.66. The van der Waals surface area contributed by atoms with Gasteiger partial charge < -0.3 is 10.6 Å². The second-order valence-corrected chi connectivity index (χ2v) is 4.47. The van der Waals surface area contributed by atoms with Gasteiger partial charge in [-0.1, -0.05) is 24.6 Å². The van der Waals surface area contributed by atoms with Crippen molar-refractivity contribution in [1.82, 2.24) is 0 Å². The van der Waals surface area contributed by atoms with Gasteiger partial charge in [-0.25, -0.2) is 0 Å². The summed E-state index contributed by atoms with van der Waals surface area (Å²) in [4.78, 5) is 13.7. The molecule has 88 valence electrons. The molecule has 0 bridgehead atoms. The highest BCUT2D eigenvalue weighted by Gasteiger charge is 2.29. The average molecular weight is 220 g/mol. The number of nitrogens with two attached hydrogens (primary N) is 1. The normalized spacial score (nSPS) is 14.3. The first-order chi connectivity index (χ1) is 7.38. The van der Waals surface area contributed by atoms with Gasteiger partial charge >= 0.3 is 0 Å². The van der Waals surface area contributed by atoms with E-state index in [0.29, 0.717) is 6.42 Å². The Morgan fingerprint density at radius 1 is 1.38 bits per heavy atom. The van der Waals surface area contributed by atoms with Crippen LogP contribution in [0.4, 0.5) is 5.69 Å². The van der Waals surface area contributed by atoms with E-state index >= 15 is 0 Å². The SMILES string of the molecule is CCC(C)(N)C(=O)N(C)c1ccc(C)cc1. The third-order valence-electron chi connectivity index (χ3n) is 2.95. The molecule has 0 saturated heterocycles. The van der Waals surface area contributed by atoms with Crippen LogP contribution < -0.4 is 10.6 Å². The molecule has 1 atom stereocenters. The summed E-state index contributed by atoms with van der Waals surface area (Å²) in [6.07, 6.45) is 0.627. The lowest BCUT2D eigenvalue weighted by Gasteiger charge is -2.28. The highest BCUT2D eigenvalue weighted by atomic mass is 16.2. The summed E-state index contributed by atoms with van der Waals surface area (Å²) >= 11 is 0. The van der Waals surface area contributed by atoms with Crippen LogP contribution in [0.3, 0.4) is 0 Å². The van der Waals surface area contributed by atoms with Gasteiger partial charge in [-0.15, -0.1) is 0 Å². The Morgan fingerprint density at radius 2 is 1.88 bits per heavy atom. The van der Waals surface area contributed by atoms with Gasteiger partial charge in [-0.3, -0.25) is 4.79 Å². The number of benzene rings is 1. The number of anilines is 1. The van der Waals surface area contributed by atoms with Crippen LogP contribution in [0.5, 0.6) is 0 Å². The van der Waals surface area contributed by atoms with Crippen molar-refractivity contribution in [2.75, 3.05) is 11.9 Å². The van der Waals surface area contributed by atoms with Crippen molar-refractivity contribution in [2.45, 2.75) is 32.7 Å². The van der Waals surface area contributed by atoms with E-state index in [9.17, 15) is 4.79 Å². The highest BCUT2D eigenvalue weighted by Crippen LogP contribution is 2.18. The van der Waals surface area contributed by atoms with Gasteiger partial charge in [0.15, 0.2) is 0 Å². The van der Waals surface area contributed by atoms with Crippen LogP contribution in [0, 0.1) is 6.92 Å². The van der Waals surface area contributed by atoms with E-state index in [2.05, 4.69) is 0 Å². The Bertz CT molecular complexity index is 368. The molecule has 0 fully saturated rings. The predicted molar refractivity (Wildman–Crippen MR) is 67.5 cm³/mol. The van der Waals surface area contributed by atoms with Gasteiger partial charge in [0.2, 0.25) is 5.91 Å². The number of nitrogens with zero attached hydrogens (tertiary/aromatic N) is 1. The average Bonchev–Trinajstić information content (AvgIpc) is 2.28. The quantitative estimate of drug-likeness (QED) is 0.847. The molecule has 0 radical (unpaired) electrons. The van der Waals surface area contributed by atoms with Gasteiger partial charge in [0.25, 0.3) is 0 Å². The first-order valence-corrected chi connectivity index (χ1v) is 5.52. The van der Waals surface area contributed by atoms with E-state index in [0.717, 1.165) is 5.69 Å². The number of carbonyl (C=O) groups is 1. The molecule has 1 rings (SSSR count). The minimum atomic E-state index is -0.792. The summed E-state index contributed by atoms with van der Waals surface area (Å²) in [6, 6.07) is 7.83. The summed E-state index contributed by atoms with van der Waals surface area (Å²) in [7, 11) is 1.76. The molecular formula is C13H20N2O. The van der Waals surface area contributed by atoms with Crippen molar-refractivity contribution < 1.29 is 4.79 Å². The van der Waals surface area contributed by atoms with E-state index in [1.165, 1.54) is 5.56 Å². The van der Waals surface area contributed by atoms with Crippen LogP contribution in [0.1, 0.15) is 25.8 Å². The van der Waals surface area contributed by atoms with Gasteiger partial charge in [0.05, 0.1) is 5.54 Å². The van der Waals surface area contributed by atoms with Gasteiger partial charge in [-0.05, 0) is 32.4 Å². The number of hydrogen-bond donors (Lipinski definition) is 1. The molecule has 0 heterocycles. The van der Waals surface area contributed by atoms with Gasteiger partial charge in [0, 0.05) is 12.7 Å². The minimum Gasteiger partial charge on any atom is -0.318 e. The number of carbonyl (C=O) groups excluding carboxylic acids is 1. The van der Waals surface area contributed by atoms with Crippen LogP contribution in [-0.2, 0) is 4.79 Å². The second-order valence-electron chi connectivity index (χ2n) is 4.47. The Hall–Kier alpha value is -1.35. The van der Waals surface area contributed by atoms with E-state index in [1.54, 1.807) is 18.9 Å². The molecule has 0 spiro atoms. The lowest BCUT2D eigenvalue weighted by atomic mass is 9.98. The van der Waals surface area contributed by atoms with Gasteiger partial charge in [0.1, 0.15) is 0 Å². The van der Waals surface area contributed by atoms with Crippen molar-refractivity contribution >= 4 is 11.6 Å². The molecule has 1 amide bonds. The molecule has 0 saturated carbocycles. The number of aryl methyl sites for hydroxylation is 1. The fraction of sp³-hybridized carbons (Fsp3) is 0.462. The third-order valence-corrected chi connectivity index (χ3v) is 2.95.